The van der Waals surface area contributed by atoms with Crippen LogP contribution in [0.1, 0.15) is 0 Å². The number of aliphatic hydroxyl groups excluding tert-OH is 1. The SMILES string of the molecule is O[C@H]1CNC[C@H]1Oc1ccccc1. The van der Waals surface area contributed by atoms with Gasteiger partial charge in [0.1, 0.15) is 18.0 Å². The van der Waals surface area contributed by atoms with Gasteiger partial charge in [-0.2, -0.15) is 0 Å². The summed E-state index contributed by atoms with van der Waals surface area (Å²) < 4.78 is 5.58. The Morgan fingerprint density at radius 2 is 2.00 bits per heavy atom. The molecule has 1 fully saturated rings. The summed E-state index contributed by atoms with van der Waals surface area (Å²) in [7, 11) is 0. The number of hydrogen-bond acceptors (Lipinski definition) is 3. The second-order valence-corrected chi connectivity index (χ2v) is 3.19. The summed E-state index contributed by atoms with van der Waals surface area (Å²) in [5, 5.41) is 12.5. The average molecular weight is 179 g/mol. The second kappa shape index (κ2) is 3.77. The molecule has 1 aliphatic rings. The van der Waals surface area contributed by atoms with E-state index in [0.717, 1.165) is 12.3 Å². The number of rotatable bonds is 2. The van der Waals surface area contributed by atoms with Gasteiger partial charge < -0.3 is 15.2 Å². The molecule has 0 unspecified atom stereocenters. The van der Waals surface area contributed by atoms with Crippen molar-refractivity contribution in [3.05, 3.63) is 30.3 Å². The molecule has 1 aromatic carbocycles. The first-order valence-electron chi connectivity index (χ1n) is 4.47. The molecule has 13 heavy (non-hydrogen) atoms. The van der Waals surface area contributed by atoms with Crippen LogP contribution in [0, 0.1) is 0 Å². The van der Waals surface area contributed by atoms with Gasteiger partial charge in [-0.05, 0) is 12.1 Å². The molecule has 0 saturated carbocycles. The second-order valence-electron chi connectivity index (χ2n) is 3.19. The largest absolute Gasteiger partial charge is 0.486 e. The van der Waals surface area contributed by atoms with E-state index in [-0.39, 0.29) is 12.2 Å². The Morgan fingerprint density at radius 1 is 1.23 bits per heavy atom. The minimum atomic E-state index is -0.389. The van der Waals surface area contributed by atoms with Crippen LogP contribution in [0.15, 0.2) is 30.3 Å². The van der Waals surface area contributed by atoms with E-state index in [1.54, 1.807) is 0 Å². The number of nitrogens with one attached hydrogen (secondary N) is 1. The number of para-hydroxylation sites is 1. The topological polar surface area (TPSA) is 41.5 Å². The van der Waals surface area contributed by atoms with Crippen molar-refractivity contribution in [2.45, 2.75) is 12.2 Å². The van der Waals surface area contributed by atoms with Gasteiger partial charge in [-0.15, -0.1) is 0 Å². The van der Waals surface area contributed by atoms with Crippen LogP contribution in [0.25, 0.3) is 0 Å². The Balaban J connectivity index is 1.98. The number of benzene rings is 1. The van der Waals surface area contributed by atoms with E-state index in [9.17, 15) is 5.11 Å². The first-order chi connectivity index (χ1) is 6.36. The average Bonchev–Trinajstić information content (AvgIpc) is 2.54. The lowest BCUT2D eigenvalue weighted by Crippen LogP contribution is -2.29. The van der Waals surface area contributed by atoms with E-state index in [1.165, 1.54) is 0 Å². The highest BCUT2D eigenvalue weighted by Crippen LogP contribution is 2.14. The molecule has 2 atom stereocenters. The quantitative estimate of drug-likeness (QED) is 0.690. The Hall–Kier alpha value is -1.06. The fourth-order valence-corrected chi connectivity index (χ4v) is 1.44. The van der Waals surface area contributed by atoms with Crippen molar-refractivity contribution in [1.82, 2.24) is 5.32 Å². The third kappa shape index (κ3) is 1.99. The van der Waals surface area contributed by atoms with E-state index in [4.69, 9.17) is 4.74 Å². The molecule has 0 amide bonds. The highest BCUT2D eigenvalue weighted by atomic mass is 16.5. The van der Waals surface area contributed by atoms with E-state index >= 15 is 0 Å². The van der Waals surface area contributed by atoms with Crippen molar-refractivity contribution in [2.24, 2.45) is 0 Å². The van der Waals surface area contributed by atoms with Crippen LogP contribution < -0.4 is 10.1 Å². The van der Waals surface area contributed by atoms with E-state index < -0.39 is 0 Å². The van der Waals surface area contributed by atoms with Gasteiger partial charge >= 0.3 is 0 Å². The third-order valence-corrected chi connectivity index (χ3v) is 2.16. The van der Waals surface area contributed by atoms with Crippen LogP contribution in [-0.2, 0) is 0 Å². The highest BCUT2D eigenvalue weighted by molar-refractivity contribution is 5.21. The number of aliphatic hydroxyl groups is 1. The molecule has 0 radical (unpaired) electrons. The maximum Gasteiger partial charge on any atom is 0.138 e. The van der Waals surface area contributed by atoms with Gasteiger partial charge in [0.05, 0.1) is 0 Å². The van der Waals surface area contributed by atoms with Gasteiger partial charge in [0.2, 0.25) is 0 Å². The Morgan fingerprint density at radius 3 is 2.62 bits per heavy atom. The van der Waals surface area contributed by atoms with Crippen LogP contribution in [0.2, 0.25) is 0 Å². The van der Waals surface area contributed by atoms with Gasteiger partial charge in [0, 0.05) is 13.1 Å². The van der Waals surface area contributed by atoms with E-state index in [0.29, 0.717) is 6.54 Å². The van der Waals surface area contributed by atoms with Crippen molar-refractivity contribution in [3.63, 3.8) is 0 Å². The Labute approximate surface area is 77.3 Å². The zero-order chi connectivity index (χ0) is 9.10. The molecule has 70 valence electrons. The predicted molar refractivity (Wildman–Crippen MR) is 49.7 cm³/mol. The van der Waals surface area contributed by atoms with Crippen molar-refractivity contribution < 1.29 is 9.84 Å². The van der Waals surface area contributed by atoms with E-state index in [1.807, 2.05) is 30.3 Å². The molecule has 2 N–H and O–H groups in total. The minimum Gasteiger partial charge on any atom is -0.486 e. The lowest BCUT2D eigenvalue weighted by Gasteiger charge is -2.15. The molecule has 0 spiro atoms. The summed E-state index contributed by atoms with van der Waals surface area (Å²) in [5.74, 6) is 0.815. The standard InChI is InChI=1S/C10H13NO2/c12-9-6-11-7-10(9)13-8-4-2-1-3-5-8/h1-5,9-12H,6-7H2/t9-,10+/m0/s1. The van der Waals surface area contributed by atoms with Gasteiger partial charge in [0.15, 0.2) is 0 Å². The van der Waals surface area contributed by atoms with Crippen molar-refractivity contribution in [3.8, 4) is 5.75 Å². The Bertz CT molecular complexity index is 263. The first-order valence-corrected chi connectivity index (χ1v) is 4.47. The molecule has 1 heterocycles. The maximum atomic E-state index is 9.46. The number of hydrogen-bond donors (Lipinski definition) is 2. The van der Waals surface area contributed by atoms with Crippen LogP contribution in [0.5, 0.6) is 5.75 Å². The molecule has 0 aliphatic carbocycles. The fraction of sp³-hybridized carbons (Fsp3) is 0.400. The summed E-state index contributed by atoms with van der Waals surface area (Å²) in [6, 6.07) is 9.57. The van der Waals surface area contributed by atoms with Crippen molar-refractivity contribution in [1.29, 1.82) is 0 Å². The monoisotopic (exact) mass is 179 g/mol. The van der Waals surface area contributed by atoms with Crippen LogP contribution in [0.3, 0.4) is 0 Å². The smallest absolute Gasteiger partial charge is 0.138 e. The Kier molecular flexibility index (Phi) is 2.47. The molecule has 0 bridgehead atoms. The van der Waals surface area contributed by atoms with Crippen LogP contribution in [0.4, 0.5) is 0 Å². The molecule has 0 aromatic heterocycles. The van der Waals surface area contributed by atoms with Gasteiger partial charge in [-0.1, -0.05) is 18.2 Å². The zero-order valence-electron chi connectivity index (χ0n) is 7.31. The minimum absolute atomic E-state index is 0.109. The molecular formula is C10H13NO2. The van der Waals surface area contributed by atoms with Gasteiger partial charge in [-0.25, -0.2) is 0 Å². The molecule has 3 heteroatoms. The van der Waals surface area contributed by atoms with Gasteiger partial charge in [-0.3, -0.25) is 0 Å². The highest BCUT2D eigenvalue weighted by Gasteiger charge is 2.26. The van der Waals surface area contributed by atoms with Crippen LogP contribution in [-0.4, -0.2) is 30.4 Å². The summed E-state index contributed by atoms with van der Waals surface area (Å²) in [4.78, 5) is 0. The molecule has 1 aliphatic heterocycles. The van der Waals surface area contributed by atoms with Crippen LogP contribution >= 0.6 is 0 Å². The zero-order valence-corrected chi connectivity index (χ0v) is 7.31. The lowest BCUT2D eigenvalue weighted by atomic mass is 10.2. The number of ether oxygens (including phenoxy) is 1. The van der Waals surface area contributed by atoms with Gasteiger partial charge in [0.25, 0.3) is 0 Å². The normalized spacial score (nSPS) is 27.5. The summed E-state index contributed by atoms with van der Waals surface area (Å²) >= 11 is 0. The molecule has 2 rings (SSSR count). The van der Waals surface area contributed by atoms with E-state index in [2.05, 4.69) is 5.32 Å². The first kappa shape index (κ1) is 8.53. The molecule has 3 nitrogen and oxygen atoms in total. The lowest BCUT2D eigenvalue weighted by molar-refractivity contribution is 0.0738. The maximum absolute atomic E-state index is 9.46. The third-order valence-electron chi connectivity index (χ3n) is 2.16. The summed E-state index contributed by atoms with van der Waals surface area (Å²) in [6.45, 7) is 1.34. The summed E-state index contributed by atoms with van der Waals surface area (Å²) in [6.07, 6.45) is -0.498. The predicted octanol–water partition coefficient (Wildman–Crippen LogP) is 0.398. The number of β-amino-alcohol motifs (C(OH)–C–C–N with tert-alkyl or cyclic N) is 1. The van der Waals surface area contributed by atoms with Crippen molar-refractivity contribution >= 4 is 0 Å². The van der Waals surface area contributed by atoms with Crippen molar-refractivity contribution in [2.75, 3.05) is 13.1 Å². The molecule has 1 saturated heterocycles. The molecule has 1 aromatic rings. The summed E-state index contributed by atoms with van der Waals surface area (Å²) in [5.41, 5.74) is 0. The molecular weight excluding hydrogens is 166 g/mol. The fourth-order valence-electron chi connectivity index (χ4n) is 1.44.